The highest BCUT2D eigenvalue weighted by Gasteiger charge is 2.25. The molecule has 4 N–H and O–H groups in total. The average Bonchev–Trinajstić information content (AvgIpc) is 2.87. The number of benzene rings is 3. The number of hydrogen-bond acceptors (Lipinski definition) is 7. The lowest BCUT2D eigenvalue weighted by Crippen LogP contribution is -2.28. The van der Waals surface area contributed by atoms with Gasteiger partial charge in [0.2, 0.25) is 0 Å². The van der Waals surface area contributed by atoms with E-state index in [1.807, 2.05) is 0 Å². The Morgan fingerprint density at radius 1 is 0.975 bits per heavy atom. The van der Waals surface area contributed by atoms with Crippen molar-refractivity contribution < 1.29 is 39.2 Å². The molecule has 0 aromatic heterocycles. The number of esters is 1. The maximum atomic E-state index is 13.3. The first-order valence-corrected chi connectivity index (χ1v) is 12.4. The third kappa shape index (κ3) is 6.90. The van der Waals surface area contributed by atoms with E-state index in [0.29, 0.717) is 33.8 Å². The zero-order valence-electron chi connectivity index (χ0n) is 21.3. The van der Waals surface area contributed by atoms with Gasteiger partial charge in [-0.15, -0.1) is 0 Å². The SMILES string of the molecule is C=CN(C)CC(C)OC(=O)c1ccc(-c2ccc(Cl)cc2Cl)cc1NC(=O)c1cc(O)c(C(=O)O)cc1C(=O)O. The number of carboxylic acids is 2. The number of phenols is 1. The Balaban J connectivity index is 2.09. The molecule has 0 heterocycles. The second-order valence-corrected chi connectivity index (χ2v) is 9.55. The molecular formula is C28H24Cl2N2O8. The van der Waals surface area contributed by atoms with E-state index in [0.717, 1.165) is 6.07 Å². The molecule has 0 aliphatic heterocycles. The maximum Gasteiger partial charge on any atom is 0.340 e. The summed E-state index contributed by atoms with van der Waals surface area (Å²) in [4.78, 5) is 51.3. The van der Waals surface area contributed by atoms with Crippen molar-refractivity contribution in [3.05, 3.63) is 93.6 Å². The standard InChI is InChI=1S/C28H24Cl2N2O8/c1-4-32(3)13-14(2)40-28(39)18-7-5-15(17-8-6-16(29)10-22(17)30)9-23(18)31-25(34)19-12-24(33)21(27(37)38)11-20(19)26(35)36/h4-12,14,33H,1,13H2,2-3H3,(H,31,34)(H,35,36)(H,37,38). The number of ether oxygens (including phenoxy) is 1. The molecule has 0 bridgehead atoms. The molecule has 3 aromatic rings. The number of anilines is 1. The highest BCUT2D eigenvalue weighted by atomic mass is 35.5. The van der Waals surface area contributed by atoms with Crippen LogP contribution in [0.2, 0.25) is 10.0 Å². The lowest BCUT2D eigenvalue weighted by atomic mass is 10.00. The van der Waals surface area contributed by atoms with E-state index < -0.39 is 52.4 Å². The minimum Gasteiger partial charge on any atom is -0.507 e. The van der Waals surface area contributed by atoms with Crippen molar-refractivity contribution in [1.82, 2.24) is 4.90 Å². The van der Waals surface area contributed by atoms with Crippen LogP contribution in [-0.2, 0) is 4.74 Å². The lowest BCUT2D eigenvalue weighted by molar-refractivity contribution is 0.0300. The van der Waals surface area contributed by atoms with Gasteiger partial charge in [-0.2, -0.15) is 0 Å². The zero-order chi connectivity index (χ0) is 29.7. The fourth-order valence-electron chi connectivity index (χ4n) is 3.79. The van der Waals surface area contributed by atoms with Gasteiger partial charge in [-0.3, -0.25) is 4.79 Å². The predicted octanol–water partition coefficient (Wildman–Crippen LogP) is 5.64. The summed E-state index contributed by atoms with van der Waals surface area (Å²) in [5.74, 6) is -5.81. The van der Waals surface area contributed by atoms with Crippen molar-refractivity contribution in [1.29, 1.82) is 0 Å². The smallest absolute Gasteiger partial charge is 0.340 e. The van der Waals surface area contributed by atoms with Gasteiger partial charge in [0.15, 0.2) is 0 Å². The molecule has 0 saturated heterocycles. The molecule has 0 aliphatic rings. The van der Waals surface area contributed by atoms with Gasteiger partial charge in [-0.05, 0) is 55.1 Å². The summed E-state index contributed by atoms with van der Waals surface area (Å²) in [5.41, 5.74) is -1.01. The van der Waals surface area contributed by atoms with Gasteiger partial charge in [-0.25, -0.2) is 14.4 Å². The second kappa shape index (κ2) is 12.5. The molecule has 0 saturated carbocycles. The Labute approximate surface area is 239 Å². The van der Waals surface area contributed by atoms with Crippen LogP contribution in [0, 0.1) is 0 Å². The van der Waals surface area contributed by atoms with E-state index in [1.165, 1.54) is 18.2 Å². The van der Waals surface area contributed by atoms with E-state index in [2.05, 4.69) is 11.9 Å². The van der Waals surface area contributed by atoms with E-state index in [9.17, 15) is 34.5 Å². The van der Waals surface area contributed by atoms with Crippen molar-refractivity contribution in [2.24, 2.45) is 0 Å². The summed E-state index contributed by atoms with van der Waals surface area (Å²) < 4.78 is 5.52. The second-order valence-electron chi connectivity index (χ2n) is 8.70. The quantitative estimate of drug-likeness (QED) is 0.221. The highest BCUT2D eigenvalue weighted by Crippen LogP contribution is 2.34. The summed E-state index contributed by atoms with van der Waals surface area (Å²) in [5, 5.41) is 32.1. The van der Waals surface area contributed by atoms with Crippen LogP contribution in [0.3, 0.4) is 0 Å². The van der Waals surface area contributed by atoms with Gasteiger partial charge in [0.05, 0.1) is 28.9 Å². The van der Waals surface area contributed by atoms with Crippen molar-refractivity contribution in [3.63, 3.8) is 0 Å². The molecular weight excluding hydrogens is 563 g/mol. The number of amides is 1. The molecule has 0 radical (unpaired) electrons. The van der Waals surface area contributed by atoms with E-state index in [4.69, 9.17) is 27.9 Å². The van der Waals surface area contributed by atoms with E-state index in [-0.39, 0.29) is 11.3 Å². The first-order chi connectivity index (χ1) is 18.8. The summed E-state index contributed by atoms with van der Waals surface area (Å²) in [6, 6.07) is 10.6. The van der Waals surface area contributed by atoms with Crippen LogP contribution in [0.5, 0.6) is 5.75 Å². The molecule has 208 valence electrons. The number of carboxylic acid groups (broad SMARTS) is 2. The van der Waals surface area contributed by atoms with Gasteiger partial charge in [0.1, 0.15) is 17.4 Å². The highest BCUT2D eigenvalue weighted by molar-refractivity contribution is 6.36. The van der Waals surface area contributed by atoms with Crippen molar-refractivity contribution in [2.45, 2.75) is 13.0 Å². The number of carbonyl (C=O) groups excluding carboxylic acids is 2. The third-order valence-corrected chi connectivity index (χ3v) is 6.28. The van der Waals surface area contributed by atoms with Gasteiger partial charge in [0.25, 0.3) is 5.91 Å². The maximum absolute atomic E-state index is 13.3. The minimum absolute atomic E-state index is 0.0547. The molecule has 10 nitrogen and oxygen atoms in total. The molecule has 3 rings (SSSR count). The van der Waals surface area contributed by atoms with Crippen LogP contribution in [0.15, 0.2) is 61.3 Å². The molecule has 12 heteroatoms. The van der Waals surface area contributed by atoms with Crippen LogP contribution < -0.4 is 5.32 Å². The molecule has 0 fully saturated rings. The summed E-state index contributed by atoms with van der Waals surface area (Å²) in [7, 11) is 1.75. The molecule has 40 heavy (non-hydrogen) atoms. The first kappa shape index (κ1) is 30.0. The number of aromatic carboxylic acids is 2. The van der Waals surface area contributed by atoms with Crippen LogP contribution in [-0.4, -0.2) is 63.7 Å². The number of nitrogens with zero attached hydrogens (tertiary/aromatic N) is 1. The Morgan fingerprint density at radius 3 is 2.25 bits per heavy atom. The van der Waals surface area contributed by atoms with Crippen LogP contribution >= 0.6 is 23.2 Å². The third-order valence-electron chi connectivity index (χ3n) is 5.74. The zero-order valence-corrected chi connectivity index (χ0v) is 22.8. The Kier molecular flexibility index (Phi) is 9.41. The summed E-state index contributed by atoms with van der Waals surface area (Å²) in [6.45, 7) is 5.66. The summed E-state index contributed by atoms with van der Waals surface area (Å²) in [6.07, 6.45) is 0.995. The Hall–Kier alpha value is -4.54. The molecule has 0 spiro atoms. The first-order valence-electron chi connectivity index (χ1n) is 11.6. The number of aromatic hydroxyl groups is 1. The van der Waals surface area contributed by atoms with E-state index >= 15 is 0 Å². The number of halogens is 2. The van der Waals surface area contributed by atoms with E-state index in [1.54, 1.807) is 43.3 Å². The number of nitrogens with one attached hydrogen (secondary N) is 1. The molecule has 3 aromatic carbocycles. The van der Waals surface area contributed by atoms with Crippen molar-refractivity contribution >= 4 is 52.7 Å². The fraction of sp³-hybridized carbons (Fsp3) is 0.143. The monoisotopic (exact) mass is 586 g/mol. The largest absolute Gasteiger partial charge is 0.507 e. The van der Waals surface area contributed by atoms with Gasteiger partial charge in [-0.1, -0.05) is 41.9 Å². The van der Waals surface area contributed by atoms with Gasteiger partial charge >= 0.3 is 17.9 Å². The van der Waals surface area contributed by atoms with Crippen molar-refractivity contribution in [3.8, 4) is 16.9 Å². The topological polar surface area (TPSA) is 153 Å². The summed E-state index contributed by atoms with van der Waals surface area (Å²) >= 11 is 12.3. The molecule has 1 amide bonds. The predicted molar refractivity (Wildman–Crippen MR) is 150 cm³/mol. The minimum atomic E-state index is -1.60. The molecule has 1 atom stereocenters. The fourth-order valence-corrected chi connectivity index (χ4v) is 4.31. The molecule has 0 aliphatic carbocycles. The average molecular weight is 587 g/mol. The number of hydrogen-bond donors (Lipinski definition) is 4. The van der Waals surface area contributed by atoms with Crippen LogP contribution in [0.25, 0.3) is 11.1 Å². The Morgan fingerprint density at radius 2 is 1.65 bits per heavy atom. The normalized spacial score (nSPS) is 11.3. The number of likely N-dealkylation sites (N-methyl/N-ethyl adjacent to an activating group) is 1. The number of carbonyl (C=O) groups is 4. The van der Waals surface area contributed by atoms with Crippen LogP contribution in [0.1, 0.15) is 48.4 Å². The lowest BCUT2D eigenvalue weighted by Gasteiger charge is -2.20. The van der Waals surface area contributed by atoms with Crippen molar-refractivity contribution in [2.75, 3.05) is 18.9 Å². The Bertz CT molecular complexity index is 1520. The van der Waals surface area contributed by atoms with Gasteiger partial charge < -0.3 is 30.3 Å². The van der Waals surface area contributed by atoms with Gasteiger partial charge in [0, 0.05) is 22.7 Å². The molecule has 1 unspecified atom stereocenters. The van der Waals surface area contributed by atoms with Crippen LogP contribution in [0.4, 0.5) is 5.69 Å². The number of rotatable bonds is 10.